The van der Waals surface area contributed by atoms with Crippen LogP contribution in [0.3, 0.4) is 0 Å². The van der Waals surface area contributed by atoms with Crippen molar-refractivity contribution < 1.29 is 19.1 Å². The molecule has 2 aliphatic heterocycles. The number of rotatable bonds is 8. The fraction of sp³-hybridized carbons (Fsp3) is 0.480. The van der Waals surface area contributed by atoms with Gasteiger partial charge in [-0.05, 0) is 74.4 Å². The smallest absolute Gasteiger partial charge is 0.252 e. The van der Waals surface area contributed by atoms with Gasteiger partial charge in [0.05, 0.1) is 18.2 Å². The summed E-state index contributed by atoms with van der Waals surface area (Å²) in [6.07, 6.45) is 6.14. The van der Waals surface area contributed by atoms with Gasteiger partial charge in [0.1, 0.15) is 24.2 Å². The third-order valence-electron chi connectivity index (χ3n) is 6.34. The quantitative estimate of drug-likeness (QED) is 0.589. The number of carbonyl (C=O) groups excluding carboxylic acids is 2. The molecule has 8 heteroatoms. The molecule has 0 spiro atoms. The lowest BCUT2D eigenvalue weighted by molar-refractivity contribution is -0.119. The number of Topliss-reactive ketones (excluding diaryl/α,β-unsaturated/α-hetero) is 1. The van der Waals surface area contributed by atoms with Gasteiger partial charge in [0, 0.05) is 24.8 Å². The van der Waals surface area contributed by atoms with Crippen LogP contribution >= 0.6 is 11.6 Å². The van der Waals surface area contributed by atoms with Gasteiger partial charge in [0.25, 0.3) is 5.91 Å². The first-order valence-corrected chi connectivity index (χ1v) is 11.9. The van der Waals surface area contributed by atoms with Gasteiger partial charge in [-0.1, -0.05) is 11.6 Å². The summed E-state index contributed by atoms with van der Waals surface area (Å²) in [6, 6.07) is 8.75. The van der Waals surface area contributed by atoms with Crippen molar-refractivity contribution in [3.8, 4) is 5.75 Å². The summed E-state index contributed by atoms with van der Waals surface area (Å²) < 4.78 is 11.0. The van der Waals surface area contributed by atoms with E-state index in [9.17, 15) is 9.59 Å². The number of ether oxygens (including phenoxy) is 2. The van der Waals surface area contributed by atoms with Gasteiger partial charge in [0.2, 0.25) is 0 Å². The van der Waals surface area contributed by atoms with Gasteiger partial charge >= 0.3 is 0 Å². The fourth-order valence-electron chi connectivity index (χ4n) is 4.38. The van der Waals surface area contributed by atoms with Crippen LogP contribution in [-0.2, 0) is 9.53 Å². The minimum atomic E-state index is -0.554. The van der Waals surface area contributed by atoms with Crippen LogP contribution in [0.2, 0.25) is 5.02 Å². The highest BCUT2D eigenvalue weighted by molar-refractivity contribution is 6.30. The van der Waals surface area contributed by atoms with Crippen LogP contribution in [0, 0.1) is 12.8 Å². The topological polar surface area (TPSA) is 80.8 Å². The molecule has 1 atom stereocenters. The highest BCUT2D eigenvalue weighted by Crippen LogP contribution is 2.26. The van der Waals surface area contributed by atoms with E-state index in [0.717, 1.165) is 55.9 Å². The Balaban J connectivity index is 1.17. The van der Waals surface area contributed by atoms with Crippen LogP contribution in [0.4, 0.5) is 5.82 Å². The molecule has 1 aromatic carbocycles. The van der Waals surface area contributed by atoms with Crippen molar-refractivity contribution in [1.29, 1.82) is 0 Å². The molecule has 0 radical (unpaired) electrons. The second kappa shape index (κ2) is 11.0. The molecular formula is C25H30ClN3O4. The SMILES string of the molecule is Cc1cc(OCCCC2CCN(c3ccc(Cl)cn3)CC2)ccc1C(=O)NC1COCC1=O. The molecule has 7 nitrogen and oxygen atoms in total. The third kappa shape index (κ3) is 6.24. The zero-order valence-electron chi connectivity index (χ0n) is 18.9. The van der Waals surface area contributed by atoms with E-state index in [-0.39, 0.29) is 24.9 Å². The number of pyridine rings is 1. The highest BCUT2D eigenvalue weighted by atomic mass is 35.5. The molecule has 0 saturated carbocycles. The van der Waals surface area contributed by atoms with Crippen LogP contribution in [0.25, 0.3) is 0 Å². The minimum Gasteiger partial charge on any atom is -0.494 e. The van der Waals surface area contributed by atoms with E-state index in [1.54, 1.807) is 12.3 Å². The van der Waals surface area contributed by atoms with Gasteiger partial charge in [-0.25, -0.2) is 4.98 Å². The Morgan fingerprint density at radius 2 is 2.09 bits per heavy atom. The van der Waals surface area contributed by atoms with Gasteiger partial charge in [-0.15, -0.1) is 0 Å². The summed E-state index contributed by atoms with van der Waals surface area (Å²) in [5, 5.41) is 3.41. The van der Waals surface area contributed by atoms with Crippen LogP contribution in [0.1, 0.15) is 41.6 Å². The van der Waals surface area contributed by atoms with Crippen molar-refractivity contribution in [2.75, 3.05) is 37.8 Å². The Kier molecular flexibility index (Phi) is 7.83. The lowest BCUT2D eigenvalue weighted by atomic mass is 9.92. The van der Waals surface area contributed by atoms with Crippen LogP contribution in [0.5, 0.6) is 5.75 Å². The van der Waals surface area contributed by atoms with Crippen LogP contribution in [-0.4, -0.2) is 55.6 Å². The number of amides is 1. The van der Waals surface area contributed by atoms with Crippen molar-refractivity contribution in [2.24, 2.45) is 5.92 Å². The molecule has 2 aromatic rings. The third-order valence-corrected chi connectivity index (χ3v) is 6.56. The molecule has 2 saturated heterocycles. The number of nitrogens with zero attached hydrogens (tertiary/aromatic N) is 2. The molecule has 2 aliphatic rings. The molecule has 1 aromatic heterocycles. The second-order valence-corrected chi connectivity index (χ2v) is 9.18. The summed E-state index contributed by atoms with van der Waals surface area (Å²) >= 11 is 5.93. The number of hydrogen-bond donors (Lipinski definition) is 1. The van der Waals surface area contributed by atoms with Crippen molar-refractivity contribution in [2.45, 2.75) is 38.6 Å². The molecule has 1 unspecified atom stereocenters. The zero-order chi connectivity index (χ0) is 23.2. The number of piperidine rings is 1. The molecule has 3 heterocycles. The lowest BCUT2D eigenvalue weighted by Crippen LogP contribution is -2.40. The molecule has 4 rings (SSSR count). The molecule has 2 fully saturated rings. The molecular weight excluding hydrogens is 442 g/mol. The normalized spacial score (nSPS) is 19.0. The summed E-state index contributed by atoms with van der Waals surface area (Å²) in [5.74, 6) is 2.10. The summed E-state index contributed by atoms with van der Waals surface area (Å²) in [4.78, 5) is 30.9. The van der Waals surface area contributed by atoms with E-state index in [1.165, 1.54) is 0 Å². The minimum absolute atomic E-state index is 0.0649. The molecule has 0 aliphatic carbocycles. The summed E-state index contributed by atoms with van der Waals surface area (Å²) in [7, 11) is 0. The predicted octanol–water partition coefficient (Wildman–Crippen LogP) is 3.82. The summed E-state index contributed by atoms with van der Waals surface area (Å²) in [6.45, 7) is 4.86. The first kappa shape index (κ1) is 23.5. The first-order valence-electron chi connectivity index (χ1n) is 11.5. The molecule has 33 heavy (non-hydrogen) atoms. The van der Waals surface area contributed by atoms with E-state index >= 15 is 0 Å². The number of anilines is 1. The van der Waals surface area contributed by atoms with Crippen molar-refractivity contribution in [3.05, 3.63) is 52.7 Å². The van der Waals surface area contributed by atoms with Gasteiger partial charge < -0.3 is 19.7 Å². The maximum absolute atomic E-state index is 12.5. The van der Waals surface area contributed by atoms with Crippen LogP contribution < -0.4 is 15.0 Å². The largest absolute Gasteiger partial charge is 0.494 e. The number of benzene rings is 1. The highest BCUT2D eigenvalue weighted by Gasteiger charge is 2.27. The van der Waals surface area contributed by atoms with E-state index in [2.05, 4.69) is 15.2 Å². The first-order chi connectivity index (χ1) is 16.0. The number of hydrogen-bond acceptors (Lipinski definition) is 6. The standard InChI is InChI=1S/C25H30ClN3O4/c1-17-13-20(5-6-21(17)25(31)28-22-15-32-16-23(22)30)33-12-2-3-18-8-10-29(11-9-18)24-7-4-19(26)14-27-24/h4-7,13-14,18,22H,2-3,8-12,15-16H2,1H3,(H,28,31). The Morgan fingerprint density at radius 1 is 1.27 bits per heavy atom. The number of aryl methyl sites for hydroxylation is 1. The maximum Gasteiger partial charge on any atom is 0.252 e. The van der Waals surface area contributed by atoms with E-state index in [0.29, 0.717) is 23.1 Å². The van der Waals surface area contributed by atoms with E-state index in [4.69, 9.17) is 21.1 Å². The maximum atomic E-state index is 12.5. The number of carbonyl (C=O) groups is 2. The van der Waals surface area contributed by atoms with Gasteiger partial charge in [0.15, 0.2) is 5.78 Å². The fourth-order valence-corrected chi connectivity index (χ4v) is 4.49. The lowest BCUT2D eigenvalue weighted by Gasteiger charge is -2.32. The Bertz CT molecular complexity index is 974. The monoisotopic (exact) mass is 471 g/mol. The van der Waals surface area contributed by atoms with Crippen LogP contribution in [0.15, 0.2) is 36.5 Å². The Morgan fingerprint density at radius 3 is 2.76 bits per heavy atom. The van der Waals surface area contributed by atoms with E-state index < -0.39 is 6.04 Å². The number of halogens is 1. The van der Waals surface area contributed by atoms with Gasteiger partial charge in [-0.2, -0.15) is 0 Å². The predicted molar refractivity (Wildman–Crippen MR) is 127 cm³/mol. The molecule has 1 amide bonds. The number of nitrogens with one attached hydrogen (secondary N) is 1. The molecule has 0 bridgehead atoms. The Labute approximate surface area is 199 Å². The zero-order valence-corrected chi connectivity index (χ0v) is 19.6. The molecule has 1 N–H and O–H groups in total. The Hall–Kier alpha value is -2.64. The van der Waals surface area contributed by atoms with E-state index in [1.807, 2.05) is 31.2 Å². The molecule has 176 valence electrons. The average molecular weight is 472 g/mol. The average Bonchev–Trinajstić information content (AvgIpc) is 3.22. The van der Waals surface area contributed by atoms with Gasteiger partial charge in [-0.3, -0.25) is 9.59 Å². The van der Waals surface area contributed by atoms with Crippen molar-refractivity contribution in [1.82, 2.24) is 10.3 Å². The number of aromatic nitrogens is 1. The van der Waals surface area contributed by atoms with Crippen molar-refractivity contribution >= 4 is 29.1 Å². The second-order valence-electron chi connectivity index (χ2n) is 8.74. The summed E-state index contributed by atoms with van der Waals surface area (Å²) in [5.41, 5.74) is 1.36. The number of ketones is 1. The van der Waals surface area contributed by atoms with Crippen molar-refractivity contribution in [3.63, 3.8) is 0 Å².